The van der Waals surface area contributed by atoms with Crippen LogP contribution in [0, 0.1) is 6.92 Å². The van der Waals surface area contributed by atoms with Crippen molar-refractivity contribution in [2.75, 3.05) is 26.7 Å². The van der Waals surface area contributed by atoms with Crippen molar-refractivity contribution in [1.82, 2.24) is 10.2 Å². The lowest BCUT2D eigenvalue weighted by Crippen LogP contribution is -2.45. The molecule has 0 aliphatic carbocycles. The highest BCUT2D eigenvalue weighted by atomic mass is 19.3. The van der Waals surface area contributed by atoms with Gasteiger partial charge in [0.05, 0.1) is 13.7 Å². The number of nitrogens with one attached hydrogen (secondary N) is 1. The maximum atomic E-state index is 12.5. The number of hydrogen-bond donors (Lipinski definition) is 1. The lowest BCUT2D eigenvalue weighted by atomic mass is 10.0. The summed E-state index contributed by atoms with van der Waals surface area (Å²) in [5.41, 5.74) is 1.40. The molecule has 1 fully saturated rings. The van der Waals surface area contributed by atoms with Gasteiger partial charge in [-0.05, 0) is 38.0 Å². The van der Waals surface area contributed by atoms with Crippen LogP contribution >= 0.6 is 0 Å². The highest BCUT2D eigenvalue weighted by Crippen LogP contribution is 2.29. The number of methoxy groups -OCH3 is 1. The number of carbonyl (C=O) groups excluding carboxylic acids is 1. The van der Waals surface area contributed by atoms with Crippen molar-refractivity contribution in [2.24, 2.45) is 0 Å². The van der Waals surface area contributed by atoms with Crippen LogP contribution in [0.4, 0.5) is 8.78 Å². The van der Waals surface area contributed by atoms with E-state index in [2.05, 4.69) is 5.32 Å². The summed E-state index contributed by atoms with van der Waals surface area (Å²) in [4.78, 5) is 14.3. The number of rotatable bonds is 5. The maximum absolute atomic E-state index is 12.5. The van der Waals surface area contributed by atoms with Crippen molar-refractivity contribution in [2.45, 2.75) is 32.2 Å². The molecule has 5 nitrogen and oxygen atoms in total. The SMILES string of the molecule is COc1ccc2oc(C(=O)NC3CCN(CC(F)F)CC3)c(C)c2c1. The molecule has 0 spiro atoms. The molecule has 25 heavy (non-hydrogen) atoms. The molecule has 2 heterocycles. The van der Waals surface area contributed by atoms with E-state index in [9.17, 15) is 13.6 Å². The topological polar surface area (TPSA) is 54.7 Å². The fraction of sp³-hybridized carbons (Fsp3) is 0.500. The number of fused-ring (bicyclic) bond motifs is 1. The van der Waals surface area contributed by atoms with Gasteiger partial charge in [-0.2, -0.15) is 0 Å². The third kappa shape index (κ3) is 3.92. The van der Waals surface area contributed by atoms with Crippen molar-refractivity contribution < 1.29 is 22.7 Å². The second kappa shape index (κ2) is 7.39. The molecular weight excluding hydrogens is 330 g/mol. The molecule has 1 aromatic carbocycles. The van der Waals surface area contributed by atoms with E-state index in [1.807, 2.05) is 13.0 Å². The molecular formula is C18H22F2N2O3. The van der Waals surface area contributed by atoms with E-state index in [-0.39, 0.29) is 18.5 Å². The molecule has 7 heteroatoms. The molecule has 0 atom stereocenters. The Morgan fingerprint density at radius 2 is 2.12 bits per heavy atom. The molecule has 136 valence electrons. The van der Waals surface area contributed by atoms with Crippen LogP contribution in [0.2, 0.25) is 0 Å². The Bertz CT molecular complexity index is 752. The molecule has 0 radical (unpaired) electrons. The maximum Gasteiger partial charge on any atom is 0.287 e. The number of ether oxygens (including phenoxy) is 1. The van der Waals surface area contributed by atoms with Crippen molar-refractivity contribution >= 4 is 16.9 Å². The molecule has 1 amide bonds. The summed E-state index contributed by atoms with van der Waals surface area (Å²) in [6.45, 7) is 2.76. The van der Waals surface area contributed by atoms with Crippen LogP contribution in [0.3, 0.4) is 0 Å². The van der Waals surface area contributed by atoms with Gasteiger partial charge in [-0.15, -0.1) is 0 Å². The van der Waals surface area contributed by atoms with Crippen LogP contribution in [0.5, 0.6) is 5.75 Å². The zero-order valence-corrected chi connectivity index (χ0v) is 14.4. The number of amides is 1. The normalized spacial score (nSPS) is 16.5. The minimum Gasteiger partial charge on any atom is -0.497 e. The summed E-state index contributed by atoms with van der Waals surface area (Å²) in [5, 5.41) is 3.81. The van der Waals surface area contributed by atoms with E-state index in [0.717, 1.165) is 10.9 Å². The lowest BCUT2D eigenvalue weighted by Gasteiger charge is -2.31. The van der Waals surface area contributed by atoms with Crippen LogP contribution in [0.1, 0.15) is 29.0 Å². The molecule has 1 aliphatic rings. The fourth-order valence-electron chi connectivity index (χ4n) is 3.25. The Kier molecular flexibility index (Phi) is 5.22. The van der Waals surface area contributed by atoms with E-state index in [4.69, 9.17) is 9.15 Å². The number of piperidine rings is 1. The van der Waals surface area contributed by atoms with Gasteiger partial charge in [0.25, 0.3) is 12.3 Å². The molecule has 2 aromatic rings. The Balaban J connectivity index is 1.66. The first-order chi connectivity index (χ1) is 12.0. The van der Waals surface area contributed by atoms with Gasteiger partial charge in [0.2, 0.25) is 0 Å². The van der Waals surface area contributed by atoms with E-state index in [0.29, 0.717) is 43.0 Å². The Hall–Kier alpha value is -2.15. The first-order valence-electron chi connectivity index (χ1n) is 8.36. The molecule has 0 unspecified atom stereocenters. The first-order valence-corrected chi connectivity index (χ1v) is 8.36. The summed E-state index contributed by atoms with van der Waals surface area (Å²) in [5.74, 6) is 0.730. The monoisotopic (exact) mass is 352 g/mol. The van der Waals surface area contributed by atoms with Crippen LogP contribution < -0.4 is 10.1 Å². The molecule has 1 N–H and O–H groups in total. The summed E-state index contributed by atoms with van der Waals surface area (Å²) in [6, 6.07) is 5.38. The standard InChI is InChI=1S/C18H22F2N2O3/c1-11-14-9-13(24-2)3-4-15(14)25-17(11)18(23)21-12-5-7-22(8-6-12)10-16(19)20/h3-4,9,12,16H,5-8,10H2,1-2H3,(H,21,23). The Morgan fingerprint density at radius 1 is 1.40 bits per heavy atom. The summed E-state index contributed by atoms with van der Waals surface area (Å²) < 4.78 is 35.7. The minimum absolute atomic E-state index is 0.0245. The van der Waals surface area contributed by atoms with Gasteiger partial charge >= 0.3 is 0 Å². The molecule has 0 saturated carbocycles. The van der Waals surface area contributed by atoms with Crippen molar-refractivity contribution in [3.05, 3.63) is 29.5 Å². The second-order valence-corrected chi connectivity index (χ2v) is 6.36. The number of benzene rings is 1. The number of nitrogens with zero attached hydrogens (tertiary/aromatic N) is 1. The van der Waals surface area contributed by atoms with E-state index in [1.165, 1.54) is 0 Å². The fourth-order valence-corrected chi connectivity index (χ4v) is 3.25. The number of alkyl halides is 2. The summed E-state index contributed by atoms with van der Waals surface area (Å²) >= 11 is 0. The average Bonchev–Trinajstić information content (AvgIpc) is 2.92. The van der Waals surface area contributed by atoms with Crippen LogP contribution in [0.15, 0.2) is 22.6 Å². The molecule has 1 aliphatic heterocycles. The zero-order chi connectivity index (χ0) is 18.0. The second-order valence-electron chi connectivity index (χ2n) is 6.36. The number of hydrogen-bond acceptors (Lipinski definition) is 4. The smallest absolute Gasteiger partial charge is 0.287 e. The Morgan fingerprint density at radius 3 is 2.76 bits per heavy atom. The average molecular weight is 352 g/mol. The number of carbonyl (C=O) groups is 1. The summed E-state index contributed by atoms with van der Waals surface area (Å²) in [6.07, 6.45) is -1.00. The van der Waals surface area contributed by atoms with E-state index in [1.54, 1.807) is 24.1 Å². The zero-order valence-electron chi connectivity index (χ0n) is 14.4. The minimum atomic E-state index is -2.32. The van der Waals surface area contributed by atoms with E-state index >= 15 is 0 Å². The number of halogens is 2. The van der Waals surface area contributed by atoms with Crippen LogP contribution in [-0.4, -0.2) is 50.0 Å². The number of aryl methyl sites for hydroxylation is 1. The van der Waals surface area contributed by atoms with Gasteiger partial charge in [0.1, 0.15) is 11.3 Å². The van der Waals surface area contributed by atoms with Gasteiger partial charge < -0.3 is 14.5 Å². The largest absolute Gasteiger partial charge is 0.497 e. The van der Waals surface area contributed by atoms with Gasteiger partial charge in [0.15, 0.2) is 5.76 Å². The lowest BCUT2D eigenvalue weighted by molar-refractivity contribution is 0.0690. The molecule has 3 rings (SSSR count). The van der Waals surface area contributed by atoms with Crippen LogP contribution in [-0.2, 0) is 0 Å². The van der Waals surface area contributed by atoms with Crippen molar-refractivity contribution in [3.63, 3.8) is 0 Å². The highest BCUT2D eigenvalue weighted by molar-refractivity contribution is 5.99. The Labute approximate surface area is 144 Å². The van der Waals surface area contributed by atoms with Gasteiger partial charge in [-0.1, -0.05) is 0 Å². The van der Waals surface area contributed by atoms with E-state index < -0.39 is 6.43 Å². The molecule has 0 bridgehead atoms. The van der Waals surface area contributed by atoms with Crippen molar-refractivity contribution in [3.8, 4) is 5.75 Å². The third-order valence-corrected chi connectivity index (χ3v) is 4.67. The summed E-state index contributed by atoms with van der Waals surface area (Å²) in [7, 11) is 1.59. The predicted octanol–water partition coefficient (Wildman–Crippen LogP) is 3.21. The highest BCUT2D eigenvalue weighted by Gasteiger charge is 2.25. The molecule has 1 saturated heterocycles. The van der Waals surface area contributed by atoms with Crippen LogP contribution in [0.25, 0.3) is 11.0 Å². The van der Waals surface area contributed by atoms with Gasteiger partial charge in [-0.25, -0.2) is 8.78 Å². The van der Waals surface area contributed by atoms with Gasteiger partial charge in [0, 0.05) is 30.1 Å². The van der Waals surface area contributed by atoms with Crippen molar-refractivity contribution in [1.29, 1.82) is 0 Å². The quantitative estimate of drug-likeness (QED) is 0.898. The predicted molar refractivity (Wildman–Crippen MR) is 90.4 cm³/mol. The van der Waals surface area contributed by atoms with Gasteiger partial charge in [-0.3, -0.25) is 9.69 Å². The third-order valence-electron chi connectivity index (χ3n) is 4.67. The molecule has 1 aromatic heterocycles. The number of furan rings is 1. The number of likely N-dealkylation sites (tertiary alicyclic amines) is 1. The first kappa shape index (κ1) is 17.7.